The molecule has 0 saturated carbocycles. The molecule has 1 aromatic heterocycles. The summed E-state index contributed by atoms with van der Waals surface area (Å²) in [5, 5.41) is 10.8. The van der Waals surface area contributed by atoms with E-state index in [2.05, 4.69) is 13.0 Å². The van der Waals surface area contributed by atoms with Crippen molar-refractivity contribution in [3.8, 4) is 17.2 Å². The molecule has 172 valence electrons. The zero-order valence-corrected chi connectivity index (χ0v) is 19.7. The van der Waals surface area contributed by atoms with Gasteiger partial charge >= 0.3 is 0 Å². The fourth-order valence-electron chi connectivity index (χ4n) is 3.47. The molecular weight excluding hydrogens is 402 g/mol. The quantitative estimate of drug-likeness (QED) is 0.340. The maximum atomic E-state index is 9.82. The summed E-state index contributed by atoms with van der Waals surface area (Å²) in [5.74, 6) is 2.38. The third-order valence-electron chi connectivity index (χ3n) is 5.30. The van der Waals surface area contributed by atoms with Crippen LogP contribution in [0.4, 0.5) is 0 Å². The minimum Gasteiger partial charge on any atom is -0.493 e. The second-order valence-corrected chi connectivity index (χ2v) is 8.76. The van der Waals surface area contributed by atoms with Crippen LogP contribution in [0.15, 0.2) is 48.5 Å². The molecule has 0 aliphatic carbocycles. The van der Waals surface area contributed by atoms with E-state index in [9.17, 15) is 5.11 Å². The lowest BCUT2D eigenvalue weighted by atomic mass is 10.0. The third kappa shape index (κ3) is 6.86. The van der Waals surface area contributed by atoms with Gasteiger partial charge in [-0.1, -0.05) is 31.5 Å². The number of hydrogen-bond donors (Lipinski definition) is 1. The molecule has 0 bridgehead atoms. The maximum absolute atomic E-state index is 9.82. The fourth-order valence-corrected chi connectivity index (χ4v) is 3.47. The van der Waals surface area contributed by atoms with Crippen molar-refractivity contribution in [3.05, 3.63) is 59.8 Å². The van der Waals surface area contributed by atoms with E-state index in [1.54, 1.807) is 0 Å². The van der Waals surface area contributed by atoms with E-state index in [1.165, 1.54) is 0 Å². The molecule has 0 atom stereocenters. The van der Waals surface area contributed by atoms with Gasteiger partial charge in [0.15, 0.2) is 0 Å². The Labute approximate surface area is 191 Å². The van der Waals surface area contributed by atoms with Crippen LogP contribution >= 0.6 is 0 Å². The van der Waals surface area contributed by atoms with Crippen LogP contribution in [0.1, 0.15) is 57.7 Å². The predicted octanol–water partition coefficient (Wildman–Crippen LogP) is 6.23. The first-order valence-corrected chi connectivity index (χ1v) is 11.5. The molecule has 1 N–H and O–H groups in total. The van der Waals surface area contributed by atoms with Crippen LogP contribution < -0.4 is 14.2 Å². The fraction of sp³-hybridized carbons (Fsp3) is 0.444. The van der Waals surface area contributed by atoms with Crippen molar-refractivity contribution in [2.45, 2.75) is 65.6 Å². The zero-order chi connectivity index (χ0) is 23.0. The normalized spacial score (nSPS) is 11.5. The number of aromatic nitrogens is 1. The van der Waals surface area contributed by atoms with Crippen molar-refractivity contribution < 1.29 is 19.3 Å². The highest BCUT2D eigenvalue weighted by molar-refractivity contribution is 5.86. The zero-order valence-electron chi connectivity index (χ0n) is 19.7. The van der Waals surface area contributed by atoms with Crippen LogP contribution in [0.5, 0.6) is 17.2 Å². The number of rotatable bonds is 12. The summed E-state index contributed by atoms with van der Waals surface area (Å²) in [6.07, 6.45) is 3.59. The number of unbranched alkanes of at least 4 members (excludes halogenated alkanes) is 1. The van der Waals surface area contributed by atoms with Crippen molar-refractivity contribution in [2.75, 3.05) is 13.2 Å². The van der Waals surface area contributed by atoms with Gasteiger partial charge < -0.3 is 19.3 Å². The Kier molecular flexibility index (Phi) is 8.34. The highest BCUT2D eigenvalue weighted by Gasteiger charge is 2.14. The Morgan fingerprint density at radius 3 is 2.38 bits per heavy atom. The molecule has 0 spiro atoms. The van der Waals surface area contributed by atoms with E-state index in [-0.39, 0.29) is 0 Å². The summed E-state index contributed by atoms with van der Waals surface area (Å²) in [6, 6.07) is 15.7. The molecular formula is C27H35NO4. The number of nitrogens with zero attached hydrogens (tertiary/aromatic N) is 1. The number of para-hydroxylation sites is 1. The van der Waals surface area contributed by atoms with Gasteiger partial charge in [0.1, 0.15) is 23.9 Å². The lowest BCUT2D eigenvalue weighted by Crippen LogP contribution is -2.19. The SMILES string of the molecule is CCCCOc1c(C)c(COc2cccc(OCCCC(C)(C)O)c2)nc2ccccc12. The smallest absolute Gasteiger partial charge is 0.133 e. The standard InChI is InChI=1S/C27H35NO4/c1-5-6-16-31-26-20(2)25(28-24-14-8-7-13-23(24)26)19-32-22-12-9-11-21(18-22)30-17-10-15-27(3,4)29/h7-9,11-14,18,29H,5-6,10,15-17,19H2,1-4H3. The van der Waals surface area contributed by atoms with Gasteiger partial charge in [0.25, 0.3) is 0 Å². The highest BCUT2D eigenvalue weighted by atomic mass is 16.5. The van der Waals surface area contributed by atoms with Crippen molar-refractivity contribution in [3.63, 3.8) is 0 Å². The van der Waals surface area contributed by atoms with Crippen molar-refractivity contribution >= 4 is 10.9 Å². The molecule has 5 nitrogen and oxygen atoms in total. The first-order valence-electron chi connectivity index (χ1n) is 11.5. The summed E-state index contributed by atoms with van der Waals surface area (Å²) in [7, 11) is 0. The Morgan fingerprint density at radius 1 is 0.906 bits per heavy atom. The van der Waals surface area contributed by atoms with Gasteiger partial charge in [-0.3, -0.25) is 0 Å². The third-order valence-corrected chi connectivity index (χ3v) is 5.30. The summed E-state index contributed by atoms with van der Waals surface area (Å²) >= 11 is 0. The predicted molar refractivity (Wildman–Crippen MR) is 129 cm³/mol. The van der Waals surface area contributed by atoms with Crippen molar-refractivity contribution in [1.82, 2.24) is 4.98 Å². The molecule has 5 heteroatoms. The van der Waals surface area contributed by atoms with Gasteiger partial charge in [-0.2, -0.15) is 0 Å². The molecule has 32 heavy (non-hydrogen) atoms. The van der Waals surface area contributed by atoms with Gasteiger partial charge in [-0.25, -0.2) is 4.98 Å². The summed E-state index contributed by atoms with van der Waals surface area (Å²) < 4.78 is 18.0. The molecule has 1 heterocycles. The average Bonchev–Trinajstić information content (AvgIpc) is 2.77. The van der Waals surface area contributed by atoms with E-state index in [4.69, 9.17) is 19.2 Å². The minimum atomic E-state index is -0.669. The Morgan fingerprint density at radius 2 is 1.62 bits per heavy atom. The van der Waals surface area contributed by atoms with Crippen LogP contribution in [-0.2, 0) is 6.61 Å². The topological polar surface area (TPSA) is 60.8 Å². The van der Waals surface area contributed by atoms with Crippen molar-refractivity contribution in [2.24, 2.45) is 0 Å². The maximum Gasteiger partial charge on any atom is 0.133 e. The van der Waals surface area contributed by atoms with Gasteiger partial charge in [0.05, 0.1) is 30.0 Å². The molecule has 0 amide bonds. The Balaban J connectivity index is 1.68. The van der Waals surface area contributed by atoms with E-state index >= 15 is 0 Å². The molecule has 0 unspecified atom stereocenters. The first-order chi connectivity index (χ1) is 15.4. The molecule has 2 aromatic carbocycles. The molecule has 0 radical (unpaired) electrons. The Bertz CT molecular complexity index is 1010. The minimum absolute atomic E-state index is 0.350. The highest BCUT2D eigenvalue weighted by Crippen LogP contribution is 2.31. The van der Waals surface area contributed by atoms with Gasteiger partial charge in [-0.15, -0.1) is 0 Å². The summed E-state index contributed by atoms with van der Waals surface area (Å²) in [4.78, 5) is 4.82. The van der Waals surface area contributed by atoms with Gasteiger partial charge in [0.2, 0.25) is 0 Å². The molecule has 0 aliphatic heterocycles. The summed E-state index contributed by atoms with van der Waals surface area (Å²) in [6.45, 7) is 9.42. The number of benzene rings is 2. The average molecular weight is 438 g/mol. The van der Waals surface area contributed by atoms with E-state index in [0.717, 1.165) is 58.7 Å². The molecule has 3 aromatic rings. The number of ether oxygens (including phenoxy) is 3. The van der Waals surface area contributed by atoms with Gasteiger partial charge in [-0.05, 0) is 64.3 Å². The summed E-state index contributed by atoms with van der Waals surface area (Å²) in [5.41, 5.74) is 2.12. The molecule has 0 aliphatic rings. The monoisotopic (exact) mass is 437 g/mol. The largest absolute Gasteiger partial charge is 0.493 e. The van der Waals surface area contributed by atoms with Crippen LogP contribution in [0.2, 0.25) is 0 Å². The first kappa shape index (κ1) is 23.9. The number of hydrogen-bond acceptors (Lipinski definition) is 5. The number of fused-ring (bicyclic) bond motifs is 1. The van der Waals surface area contributed by atoms with E-state index in [0.29, 0.717) is 26.2 Å². The van der Waals surface area contributed by atoms with E-state index < -0.39 is 5.60 Å². The number of pyridine rings is 1. The van der Waals surface area contributed by atoms with E-state index in [1.807, 2.05) is 63.2 Å². The van der Waals surface area contributed by atoms with Gasteiger partial charge in [0, 0.05) is 17.0 Å². The second-order valence-electron chi connectivity index (χ2n) is 8.76. The van der Waals surface area contributed by atoms with Crippen molar-refractivity contribution in [1.29, 1.82) is 0 Å². The lowest BCUT2D eigenvalue weighted by Gasteiger charge is -2.17. The second kappa shape index (κ2) is 11.2. The lowest BCUT2D eigenvalue weighted by molar-refractivity contribution is 0.0641. The van der Waals surface area contributed by atoms with Crippen LogP contribution in [0.25, 0.3) is 10.9 Å². The van der Waals surface area contributed by atoms with Crippen LogP contribution in [0, 0.1) is 6.92 Å². The Hall–Kier alpha value is -2.79. The molecule has 3 rings (SSSR count). The van der Waals surface area contributed by atoms with Crippen LogP contribution in [-0.4, -0.2) is 28.9 Å². The molecule has 0 fully saturated rings. The van der Waals surface area contributed by atoms with Crippen LogP contribution in [0.3, 0.4) is 0 Å². The number of aliphatic hydroxyl groups is 1. The molecule has 0 saturated heterocycles.